The summed E-state index contributed by atoms with van der Waals surface area (Å²) in [5, 5.41) is 9.05. The lowest BCUT2D eigenvalue weighted by atomic mass is 10.1. The van der Waals surface area contributed by atoms with Crippen molar-refractivity contribution in [2.45, 2.75) is 13.3 Å². The van der Waals surface area contributed by atoms with Gasteiger partial charge in [-0.3, -0.25) is 0 Å². The van der Waals surface area contributed by atoms with Crippen LogP contribution in [-0.4, -0.2) is 20.6 Å². The van der Waals surface area contributed by atoms with Crippen LogP contribution >= 0.6 is 0 Å². The summed E-state index contributed by atoms with van der Waals surface area (Å²) in [6.07, 6.45) is 3.68. The number of imidazole rings is 1. The second-order valence-corrected chi connectivity index (χ2v) is 3.51. The molecule has 1 N–H and O–H groups in total. The highest BCUT2D eigenvalue weighted by Crippen LogP contribution is 2.20. The van der Waals surface area contributed by atoms with Crippen molar-refractivity contribution in [2.75, 3.05) is 0 Å². The highest BCUT2D eigenvalue weighted by Gasteiger charge is 2.17. The largest absolute Gasteiger partial charge is 0.478 e. The number of carboxylic acid groups (broad SMARTS) is 1. The molecule has 1 heterocycles. The van der Waals surface area contributed by atoms with E-state index in [-0.39, 0.29) is 11.3 Å². The maximum atomic E-state index is 13.8. The van der Waals surface area contributed by atoms with Gasteiger partial charge in [-0.2, -0.15) is 0 Å². The Hall–Kier alpha value is -2.17. The fraction of sp³-hybridized carbons (Fsp3) is 0.167. The summed E-state index contributed by atoms with van der Waals surface area (Å²) in [6, 6.07) is 3.99. The van der Waals surface area contributed by atoms with Crippen LogP contribution in [0.4, 0.5) is 4.39 Å². The second-order valence-electron chi connectivity index (χ2n) is 3.51. The summed E-state index contributed by atoms with van der Waals surface area (Å²) in [7, 11) is 0. The number of aryl methyl sites for hydroxylation is 1. The van der Waals surface area contributed by atoms with Crippen LogP contribution in [-0.2, 0) is 6.42 Å². The topological polar surface area (TPSA) is 55.1 Å². The summed E-state index contributed by atoms with van der Waals surface area (Å²) in [5.74, 6) is -1.11. The Bertz CT molecular complexity index is 563. The fourth-order valence-electron chi connectivity index (χ4n) is 1.73. The second kappa shape index (κ2) is 4.37. The SMILES string of the molecule is CCc1nccn1-c1c(F)cccc1C(=O)O. The summed E-state index contributed by atoms with van der Waals surface area (Å²) < 4.78 is 15.2. The Morgan fingerprint density at radius 1 is 1.53 bits per heavy atom. The molecule has 0 aliphatic carbocycles. The summed E-state index contributed by atoms with van der Waals surface area (Å²) in [4.78, 5) is 15.1. The molecule has 1 aromatic heterocycles. The molecule has 2 aromatic rings. The third-order valence-corrected chi connectivity index (χ3v) is 2.49. The summed E-state index contributed by atoms with van der Waals surface area (Å²) in [6.45, 7) is 1.88. The third kappa shape index (κ3) is 1.91. The quantitative estimate of drug-likeness (QED) is 0.886. The molecule has 17 heavy (non-hydrogen) atoms. The molecule has 88 valence electrons. The molecule has 2 rings (SSSR count). The van der Waals surface area contributed by atoms with Crippen molar-refractivity contribution >= 4 is 5.97 Å². The number of aromatic nitrogens is 2. The van der Waals surface area contributed by atoms with Gasteiger partial charge in [0.25, 0.3) is 0 Å². The van der Waals surface area contributed by atoms with Gasteiger partial charge >= 0.3 is 5.97 Å². The lowest BCUT2D eigenvalue weighted by Crippen LogP contribution is -2.09. The van der Waals surface area contributed by atoms with E-state index in [1.165, 1.54) is 29.0 Å². The molecule has 0 radical (unpaired) electrons. The maximum absolute atomic E-state index is 13.8. The van der Waals surface area contributed by atoms with Gasteiger partial charge in [-0.15, -0.1) is 0 Å². The van der Waals surface area contributed by atoms with Gasteiger partial charge in [0.05, 0.1) is 11.3 Å². The van der Waals surface area contributed by atoms with Crippen LogP contribution in [0.1, 0.15) is 23.1 Å². The highest BCUT2D eigenvalue weighted by molar-refractivity contribution is 5.92. The lowest BCUT2D eigenvalue weighted by Gasteiger charge is -2.10. The van der Waals surface area contributed by atoms with Crippen LogP contribution < -0.4 is 0 Å². The van der Waals surface area contributed by atoms with Gasteiger partial charge in [0.2, 0.25) is 0 Å². The molecular formula is C12H11FN2O2. The Balaban J connectivity index is 2.70. The first-order chi connectivity index (χ1) is 8.15. The number of carboxylic acids is 1. The predicted molar refractivity (Wildman–Crippen MR) is 59.9 cm³/mol. The van der Waals surface area contributed by atoms with Gasteiger partial charge in [0, 0.05) is 18.8 Å². The van der Waals surface area contributed by atoms with Crippen LogP contribution in [0, 0.1) is 5.82 Å². The van der Waals surface area contributed by atoms with E-state index in [1.807, 2.05) is 6.92 Å². The van der Waals surface area contributed by atoms with E-state index in [0.717, 1.165) is 0 Å². The van der Waals surface area contributed by atoms with Gasteiger partial charge in [0.1, 0.15) is 11.6 Å². The van der Waals surface area contributed by atoms with Gasteiger partial charge in [-0.05, 0) is 12.1 Å². The highest BCUT2D eigenvalue weighted by atomic mass is 19.1. The average Bonchev–Trinajstić information content (AvgIpc) is 2.76. The van der Waals surface area contributed by atoms with Crippen molar-refractivity contribution in [3.05, 3.63) is 47.8 Å². The minimum Gasteiger partial charge on any atom is -0.478 e. The fourth-order valence-corrected chi connectivity index (χ4v) is 1.73. The van der Waals surface area contributed by atoms with Gasteiger partial charge in [-0.25, -0.2) is 14.2 Å². The number of hydrogen-bond donors (Lipinski definition) is 1. The first kappa shape index (κ1) is 11.3. The van der Waals surface area contributed by atoms with Crippen LogP contribution in [0.3, 0.4) is 0 Å². The number of hydrogen-bond acceptors (Lipinski definition) is 2. The van der Waals surface area contributed by atoms with E-state index in [2.05, 4.69) is 4.98 Å². The number of nitrogens with zero attached hydrogens (tertiary/aromatic N) is 2. The van der Waals surface area contributed by atoms with E-state index < -0.39 is 11.8 Å². The first-order valence-electron chi connectivity index (χ1n) is 5.19. The predicted octanol–water partition coefficient (Wildman–Crippen LogP) is 2.27. The molecule has 0 unspecified atom stereocenters. The molecule has 0 saturated carbocycles. The average molecular weight is 234 g/mol. The van der Waals surface area contributed by atoms with Crippen molar-refractivity contribution in [2.24, 2.45) is 0 Å². The monoisotopic (exact) mass is 234 g/mol. The number of rotatable bonds is 3. The number of halogens is 1. The zero-order valence-electron chi connectivity index (χ0n) is 9.22. The van der Waals surface area contributed by atoms with Crippen LogP contribution in [0.15, 0.2) is 30.6 Å². The van der Waals surface area contributed by atoms with Gasteiger partial charge < -0.3 is 9.67 Å². The smallest absolute Gasteiger partial charge is 0.337 e. The van der Waals surface area contributed by atoms with Gasteiger partial charge in [-0.1, -0.05) is 13.0 Å². The van der Waals surface area contributed by atoms with Crippen LogP contribution in [0.5, 0.6) is 0 Å². The third-order valence-electron chi connectivity index (χ3n) is 2.49. The molecule has 5 heteroatoms. The van der Waals surface area contributed by atoms with Crippen molar-refractivity contribution in [1.29, 1.82) is 0 Å². The molecule has 0 aliphatic rings. The zero-order valence-corrected chi connectivity index (χ0v) is 9.22. The molecule has 0 saturated heterocycles. The van der Waals surface area contributed by atoms with E-state index in [4.69, 9.17) is 5.11 Å². The minimum atomic E-state index is -1.16. The number of benzene rings is 1. The summed E-state index contributed by atoms with van der Waals surface area (Å²) >= 11 is 0. The van der Waals surface area contributed by atoms with E-state index >= 15 is 0 Å². The molecule has 4 nitrogen and oxygen atoms in total. The Kier molecular flexibility index (Phi) is 2.91. The normalized spacial score (nSPS) is 10.5. The maximum Gasteiger partial charge on any atom is 0.337 e. The standard InChI is InChI=1S/C12H11FN2O2/c1-2-10-14-6-7-15(10)11-8(12(16)17)4-3-5-9(11)13/h3-7H,2H2,1H3,(H,16,17). The molecular weight excluding hydrogens is 223 g/mol. The van der Waals surface area contributed by atoms with Crippen LogP contribution in [0.2, 0.25) is 0 Å². The Labute approximate surface area is 97.3 Å². The molecule has 1 aromatic carbocycles. The number of carbonyl (C=O) groups is 1. The van der Waals surface area contributed by atoms with E-state index in [9.17, 15) is 9.18 Å². The first-order valence-corrected chi connectivity index (χ1v) is 5.19. The van der Waals surface area contributed by atoms with Crippen molar-refractivity contribution in [3.63, 3.8) is 0 Å². The molecule has 0 spiro atoms. The lowest BCUT2D eigenvalue weighted by molar-refractivity contribution is 0.0696. The van der Waals surface area contributed by atoms with Crippen molar-refractivity contribution in [1.82, 2.24) is 9.55 Å². The van der Waals surface area contributed by atoms with E-state index in [0.29, 0.717) is 12.2 Å². The molecule has 0 atom stereocenters. The number of aromatic carboxylic acids is 1. The summed E-state index contributed by atoms with van der Waals surface area (Å²) in [5.41, 5.74) is -0.0351. The van der Waals surface area contributed by atoms with E-state index in [1.54, 1.807) is 6.20 Å². The van der Waals surface area contributed by atoms with Crippen molar-refractivity contribution in [3.8, 4) is 5.69 Å². The Morgan fingerprint density at radius 2 is 2.29 bits per heavy atom. The molecule has 0 bridgehead atoms. The van der Waals surface area contributed by atoms with Crippen LogP contribution in [0.25, 0.3) is 5.69 Å². The molecule has 0 fully saturated rings. The molecule has 0 aliphatic heterocycles. The minimum absolute atomic E-state index is 0.0364. The van der Waals surface area contributed by atoms with Gasteiger partial charge in [0.15, 0.2) is 0 Å². The number of para-hydroxylation sites is 1. The Morgan fingerprint density at radius 3 is 2.94 bits per heavy atom. The molecule has 0 amide bonds. The zero-order chi connectivity index (χ0) is 12.4. The van der Waals surface area contributed by atoms with Crippen molar-refractivity contribution < 1.29 is 14.3 Å².